The van der Waals surface area contributed by atoms with E-state index in [1.54, 1.807) is 6.08 Å². The first-order valence-electron chi connectivity index (χ1n) is 8.54. The van der Waals surface area contributed by atoms with Crippen molar-refractivity contribution in [3.63, 3.8) is 0 Å². The second-order valence-corrected chi connectivity index (χ2v) is 6.96. The zero-order valence-electron chi connectivity index (χ0n) is 14.8. The van der Waals surface area contributed by atoms with Crippen LogP contribution < -0.4 is 0 Å². The Bertz CT molecular complexity index is 835. The first kappa shape index (κ1) is 18.5. The molecular formula is C23H21IN2. The van der Waals surface area contributed by atoms with Crippen LogP contribution in [0.15, 0.2) is 107 Å². The van der Waals surface area contributed by atoms with Crippen molar-refractivity contribution in [2.45, 2.75) is 12.6 Å². The van der Waals surface area contributed by atoms with Crippen LogP contribution in [0, 0.1) is 0 Å². The molecule has 1 aliphatic rings. The van der Waals surface area contributed by atoms with E-state index in [1.165, 1.54) is 0 Å². The summed E-state index contributed by atoms with van der Waals surface area (Å²) in [4.78, 5) is 10.2. The number of hydrogen-bond acceptors (Lipinski definition) is 2. The van der Waals surface area contributed by atoms with E-state index >= 15 is 0 Å². The third kappa shape index (κ3) is 3.93. The maximum absolute atomic E-state index is 5.08. The predicted octanol–water partition coefficient (Wildman–Crippen LogP) is 5.80. The van der Waals surface area contributed by atoms with Gasteiger partial charge in [-0.15, -0.1) is 0 Å². The van der Waals surface area contributed by atoms with Gasteiger partial charge in [0.25, 0.3) is 0 Å². The van der Waals surface area contributed by atoms with E-state index in [-0.39, 0.29) is 0 Å². The lowest BCUT2D eigenvalue weighted by molar-refractivity contribution is 0.611. The molecule has 0 atom stereocenters. The largest absolute Gasteiger partial charge is 0.248 e. The molecule has 130 valence electrons. The van der Waals surface area contributed by atoms with Crippen molar-refractivity contribution in [1.82, 2.24) is 0 Å². The molecule has 0 aliphatic carbocycles. The quantitative estimate of drug-likeness (QED) is 0.301. The Hall–Kier alpha value is -2.27. The summed E-state index contributed by atoms with van der Waals surface area (Å²) in [6, 6.07) is 20.5. The number of benzene rings is 2. The second-order valence-electron chi connectivity index (χ2n) is 6.08. The summed E-state index contributed by atoms with van der Waals surface area (Å²) in [6.07, 6.45) is 7.94. The van der Waals surface area contributed by atoms with Crippen LogP contribution in [0.2, 0.25) is 0 Å². The van der Waals surface area contributed by atoms with Crippen molar-refractivity contribution in [2.75, 3.05) is 4.43 Å². The van der Waals surface area contributed by atoms with Crippen LogP contribution in [0.5, 0.6) is 0 Å². The van der Waals surface area contributed by atoms with Crippen molar-refractivity contribution in [1.29, 1.82) is 0 Å². The second kappa shape index (κ2) is 8.41. The molecule has 2 aromatic rings. The molecule has 0 fully saturated rings. The predicted molar refractivity (Wildman–Crippen MR) is 121 cm³/mol. The minimum atomic E-state index is -0.638. The van der Waals surface area contributed by atoms with Crippen molar-refractivity contribution >= 4 is 34.0 Å². The third-order valence-corrected chi connectivity index (χ3v) is 4.67. The van der Waals surface area contributed by atoms with Crippen molar-refractivity contribution in [2.24, 2.45) is 9.98 Å². The van der Waals surface area contributed by atoms with Crippen LogP contribution in [0.3, 0.4) is 0 Å². The number of rotatable bonds is 6. The van der Waals surface area contributed by atoms with Crippen LogP contribution in [-0.4, -0.2) is 21.5 Å². The number of allylic oxidation sites excluding steroid dienone is 3. The summed E-state index contributed by atoms with van der Waals surface area (Å²) < 4.78 is 0.899. The monoisotopic (exact) mass is 452 g/mol. The summed E-state index contributed by atoms with van der Waals surface area (Å²) >= 11 is 2.35. The normalized spacial score (nSPS) is 16.5. The Labute approximate surface area is 168 Å². The smallest absolute Gasteiger partial charge is 0.174 e. The lowest BCUT2D eigenvalue weighted by Gasteiger charge is -2.19. The van der Waals surface area contributed by atoms with Gasteiger partial charge in [-0.1, -0.05) is 114 Å². The SMILES string of the molecule is C=C/C=C\C(=C\CI)C1(C)N=C(c2ccccc2)C(c2ccccc2)=N1. The fourth-order valence-corrected chi connectivity index (χ4v) is 3.44. The van der Waals surface area contributed by atoms with Crippen LogP contribution in [-0.2, 0) is 0 Å². The van der Waals surface area contributed by atoms with Gasteiger partial charge < -0.3 is 0 Å². The molecule has 0 saturated heterocycles. The van der Waals surface area contributed by atoms with E-state index in [1.807, 2.05) is 42.5 Å². The van der Waals surface area contributed by atoms with Gasteiger partial charge in [0.15, 0.2) is 5.66 Å². The van der Waals surface area contributed by atoms with E-state index in [9.17, 15) is 0 Å². The number of aliphatic imine (C=N–C) groups is 2. The summed E-state index contributed by atoms with van der Waals surface area (Å²) in [5.74, 6) is 0. The number of alkyl halides is 1. The molecule has 26 heavy (non-hydrogen) atoms. The van der Waals surface area contributed by atoms with E-state index < -0.39 is 5.66 Å². The van der Waals surface area contributed by atoms with Gasteiger partial charge in [-0.05, 0) is 12.5 Å². The average Bonchev–Trinajstić information content (AvgIpc) is 3.05. The fraction of sp³-hybridized carbons (Fsp3) is 0.130. The van der Waals surface area contributed by atoms with Gasteiger partial charge in [-0.2, -0.15) is 0 Å². The molecular weight excluding hydrogens is 431 g/mol. The molecule has 0 aromatic heterocycles. The molecule has 0 N–H and O–H groups in total. The molecule has 3 heteroatoms. The number of halogens is 1. The van der Waals surface area contributed by atoms with Gasteiger partial charge in [-0.3, -0.25) is 0 Å². The molecule has 0 radical (unpaired) electrons. The topological polar surface area (TPSA) is 24.7 Å². The molecule has 0 amide bonds. The van der Waals surface area contributed by atoms with Crippen molar-refractivity contribution in [3.05, 3.63) is 108 Å². The minimum Gasteiger partial charge on any atom is -0.248 e. The molecule has 1 heterocycles. The van der Waals surface area contributed by atoms with Crippen LogP contribution in [0.4, 0.5) is 0 Å². The Morgan fingerprint density at radius 3 is 1.88 bits per heavy atom. The maximum atomic E-state index is 5.08. The van der Waals surface area contributed by atoms with Gasteiger partial charge in [-0.25, -0.2) is 9.98 Å². The van der Waals surface area contributed by atoms with Crippen LogP contribution in [0.25, 0.3) is 0 Å². The highest BCUT2D eigenvalue weighted by Crippen LogP contribution is 2.32. The van der Waals surface area contributed by atoms with Crippen molar-refractivity contribution < 1.29 is 0 Å². The fourth-order valence-electron chi connectivity index (χ4n) is 2.96. The highest BCUT2D eigenvalue weighted by molar-refractivity contribution is 14.1. The lowest BCUT2D eigenvalue weighted by atomic mass is 10.0. The zero-order valence-corrected chi connectivity index (χ0v) is 16.9. The first-order valence-corrected chi connectivity index (χ1v) is 10.1. The summed E-state index contributed by atoms with van der Waals surface area (Å²) in [5, 5.41) is 0. The minimum absolute atomic E-state index is 0.638. The summed E-state index contributed by atoms with van der Waals surface area (Å²) in [5.41, 5.74) is 4.48. The van der Waals surface area contributed by atoms with Gasteiger partial charge in [0.05, 0.1) is 11.4 Å². The molecule has 1 aliphatic heterocycles. The highest BCUT2D eigenvalue weighted by Gasteiger charge is 2.34. The molecule has 0 bridgehead atoms. The molecule has 2 nitrogen and oxygen atoms in total. The molecule has 0 spiro atoms. The Morgan fingerprint density at radius 1 is 0.962 bits per heavy atom. The maximum Gasteiger partial charge on any atom is 0.174 e. The average molecular weight is 452 g/mol. The molecule has 3 rings (SSSR count). The van der Waals surface area contributed by atoms with E-state index in [0.717, 1.165) is 32.6 Å². The first-order chi connectivity index (χ1) is 12.7. The lowest BCUT2D eigenvalue weighted by Crippen LogP contribution is -2.19. The van der Waals surface area contributed by atoms with Crippen LogP contribution >= 0.6 is 22.6 Å². The van der Waals surface area contributed by atoms with Gasteiger partial charge in [0, 0.05) is 15.6 Å². The molecule has 0 saturated carbocycles. The standard InChI is InChI=1S/C23H21IN2/c1-3-4-15-20(16-17-24)23(2)25-21(18-11-7-5-8-12-18)22(26-23)19-13-9-6-10-14-19/h3-16H,1,17H2,2H3/b15-4-,20-16-. The van der Waals surface area contributed by atoms with Gasteiger partial charge in [0.1, 0.15) is 0 Å². The Kier molecular flexibility index (Phi) is 5.99. The Balaban J connectivity index is 2.16. The van der Waals surface area contributed by atoms with E-state index in [0.29, 0.717) is 0 Å². The van der Waals surface area contributed by atoms with E-state index in [4.69, 9.17) is 9.98 Å². The summed E-state index contributed by atoms with van der Waals surface area (Å²) in [6.45, 7) is 5.85. The molecule has 0 unspecified atom stereocenters. The third-order valence-electron chi connectivity index (χ3n) is 4.23. The highest BCUT2D eigenvalue weighted by atomic mass is 127. The summed E-state index contributed by atoms with van der Waals surface area (Å²) in [7, 11) is 0. The zero-order chi connectivity index (χ0) is 18.4. The van der Waals surface area contributed by atoms with Gasteiger partial charge >= 0.3 is 0 Å². The van der Waals surface area contributed by atoms with Gasteiger partial charge in [0.2, 0.25) is 0 Å². The van der Waals surface area contributed by atoms with E-state index in [2.05, 4.69) is 72.5 Å². The molecule has 2 aromatic carbocycles. The number of nitrogens with zero attached hydrogens (tertiary/aromatic N) is 2. The van der Waals surface area contributed by atoms with Crippen molar-refractivity contribution in [3.8, 4) is 0 Å². The van der Waals surface area contributed by atoms with Crippen LogP contribution in [0.1, 0.15) is 18.1 Å². The number of hydrogen-bond donors (Lipinski definition) is 0. The Morgan fingerprint density at radius 2 is 1.46 bits per heavy atom.